The van der Waals surface area contributed by atoms with E-state index in [-0.39, 0.29) is 0 Å². The van der Waals surface area contributed by atoms with Crippen molar-refractivity contribution in [2.45, 2.75) is 58.0 Å². The Kier molecular flexibility index (Phi) is 4.35. The Balaban J connectivity index is 1.97. The van der Waals surface area contributed by atoms with Crippen molar-refractivity contribution in [2.24, 2.45) is 17.1 Å². The molecule has 0 radical (unpaired) electrons. The van der Waals surface area contributed by atoms with Crippen LogP contribution in [0.25, 0.3) is 0 Å². The third-order valence-electron chi connectivity index (χ3n) is 4.93. The predicted molar refractivity (Wildman–Crippen MR) is 75.4 cm³/mol. The molecule has 0 bridgehead atoms. The van der Waals surface area contributed by atoms with Gasteiger partial charge in [-0.1, -0.05) is 19.8 Å². The molecule has 0 amide bonds. The van der Waals surface area contributed by atoms with Crippen molar-refractivity contribution in [1.29, 1.82) is 0 Å². The van der Waals surface area contributed by atoms with Gasteiger partial charge in [-0.25, -0.2) is 0 Å². The first-order valence-electron chi connectivity index (χ1n) is 7.60. The Labute approximate surface area is 112 Å². The van der Waals surface area contributed by atoms with Gasteiger partial charge in [-0.05, 0) is 57.0 Å². The summed E-state index contributed by atoms with van der Waals surface area (Å²) in [4.78, 5) is 2.45. The number of nitrogens with two attached hydrogens (primary N) is 1. The minimum absolute atomic E-state index is 0.311. The third-order valence-corrected chi connectivity index (χ3v) is 4.93. The number of aliphatic hydroxyl groups is 1. The summed E-state index contributed by atoms with van der Waals surface area (Å²) in [6.45, 7) is 8.17. The molecule has 3 heteroatoms. The van der Waals surface area contributed by atoms with Crippen LogP contribution in [0.15, 0.2) is 0 Å². The van der Waals surface area contributed by atoms with Crippen molar-refractivity contribution in [2.75, 3.05) is 26.2 Å². The summed E-state index contributed by atoms with van der Waals surface area (Å²) in [5, 5.41) is 10.2. The summed E-state index contributed by atoms with van der Waals surface area (Å²) >= 11 is 0. The highest BCUT2D eigenvalue weighted by atomic mass is 16.3. The minimum Gasteiger partial charge on any atom is -0.389 e. The summed E-state index contributed by atoms with van der Waals surface area (Å²) in [6.07, 6.45) is 7.27. The number of nitrogens with zero attached hydrogens (tertiary/aromatic N) is 1. The Hall–Kier alpha value is -0.120. The summed E-state index contributed by atoms with van der Waals surface area (Å²) < 4.78 is 0. The molecule has 1 aliphatic carbocycles. The maximum atomic E-state index is 10.2. The van der Waals surface area contributed by atoms with Gasteiger partial charge in [-0.3, -0.25) is 4.90 Å². The van der Waals surface area contributed by atoms with Gasteiger partial charge in [0.2, 0.25) is 0 Å². The first kappa shape index (κ1) is 14.3. The maximum absolute atomic E-state index is 10.2. The number of likely N-dealkylation sites (tertiary alicyclic amines) is 1. The number of hydrogen-bond donors (Lipinski definition) is 2. The van der Waals surface area contributed by atoms with Crippen LogP contribution >= 0.6 is 0 Å². The highest BCUT2D eigenvalue weighted by Gasteiger charge is 2.38. The Bertz CT molecular complexity index is 280. The molecule has 2 rings (SSSR count). The standard InChI is InChI=1S/C15H30N2O/c1-13-5-3-7-15(9-13,10-16)12-17-8-4-6-14(2,18)11-17/h13,18H,3-12,16H2,1-2H3. The third kappa shape index (κ3) is 3.46. The van der Waals surface area contributed by atoms with Crippen LogP contribution in [-0.2, 0) is 0 Å². The van der Waals surface area contributed by atoms with Crippen molar-refractivity contribution in [3.8, 4) is 0 Å². The zero-order valence-electron chi connectivity index (χ0n) is 12.1. The molecule has 1 heterocycles. The van der Waals surface area contributed by atoms with Crippen LogP contribution in [0.4, 0.5) is 0 Å². The largest absolute Gasteiger partial charge is 0.389 e. The molecule has 3 unspecified atom stereocenters. The summed E-state index contributed by atoms with van der Waals surface area (Å²) in [7, 11) is 0. The highest BCUT2D eigenvalue weighted by molar-refractivity contribution is 4.92. The molecule has 3 nitrogen and oxygen atoms in total. The second-order valence-electron chi connectivity index (χ2n) is 7.22. The van der Waals surface area contributed by atoms with Gasteiger partial charge >= 0.3 is 0 Å². The van der Waals surface area contributed by atoms with Crippen LogP contribution in [0.2, 0.25) is 0 Å². The molecular formula is C15H30N2O. The molecule has 106 valence electrons. The van der Waals surface area contributed by atoms with Gasteiger partial charge in [0, 0.05) is 13.1 Å². The average Bonchev–Trinajstić information content (AvgIpc) is 2.27. The van der Waals surface area contributed by atoms with Gasteiger partial charge in [0.15, 0.2) is 0 Å². The van der Waals surface area contributed by atoms with E-state index in [1.807, 2.05) is 6.92 Å². The van der Waals surface area contributed by atoms with Crippen molar-refractivity contribution >= 4 is 0 Å². The summed E-state index contributed by atoms with van der Waals surface area (Å²) in [5.74, 6) is 0.813. The lowest BCUT2D eigenvalue weighted by atomic mass is 9.69. The first-order chi connectivity index (χ1) is 8.45. The summed E-state index contributed by atoms with van der Waals surface area (Å²) in [6, 6.07) is 0. The number of β-amino-alcohol motifs (C(OH)–C–C–N with tert-alkyl or cyclic N) is 1. The van der Waals surface area contributed by atoms with Crippen molar-refractivity contribution in [3.05, 3.63) is 0 Å². The van der Waals surface area contributed by atoms with E-state index in [0.29, 0.717) is 5.41 Å². The molecule has 1 aliphatic heterocycles. The molecular weight excluding hydrogens is 224 g/mol. The van der Waals surface area contributed by atoms with Crippen molar-refractivity contribution < 1.29 is 5.11 Å². The molecule has 18 heavy (non-hydrogen) atoms. The molecule has 2 aliphatic rings. The van der Waals surface area contributed by atoms with E-state index in [1.165, 1.54) is 25.7 Å². The van der Waals surface area contributed by atoms with Crippen LogP contribution in [0, 0.1) is 11.3 Å². The minimum atomic E-state index is -0.492. The lowest BCUT2D eigenvalue weighted by Gasteiger charge is -2.46. The van der Waals surface area contributed by atoms with Crippen LogP contribution in [0.5, 0.6) is 0 Å². The fourth-order valence-electron chi connectivity index (χ4n) is 4.10. The van der Waals surface area contributed by atoms with E-state index in [9.17, 15) is 5.11 Å². The van der Waals surface area contributed by atoms with Gasteiger partial charge in [0.1, 0.15) is 0 Å². The average molecular weight is 254 g/mol. The molecule has 0 spiro atoms. The monoisotopic (exact) mass is 254 g/mol. The van der Waals surface area contributed by atoms with Gasteiger partial charge in [0.25, 0.3) is 0 Å². The lowest BCUT2D eigenvalue weighted by Crippen LogP contribution is -2.52. The lowest BCUT2D eigenvalue weighted by molar-refractivity contribution is -0.0342. The molecule has 3 N–H and O–H groups in total. The second-order valence-corrected chi connectivity index (χ2v) is 7.22. The smallest absolute Gasteiger partial charge is 0.0746 e. The number of piperidine rings is 1. The normalized spacial score (nSPS) is 43.0. The van der Waals surface area contributed by atoms with Gasteiger partial charge < -0.3 is 10.8 Å². The highest BCUT2D eigenvalue weighted by Crippen LogP contribution is 2.40. The van der Waals surface area contributed by atoms with Crippen molar-refractivity contribution in [3.63, 3.8) is 0 Å². The van der Waals surface area contributed by atoms with Crippen molar-refractivity contribution in [1.82, 2.24) is 4.90 Å². The molecule has 1 saturated carbocycles. The van der Waals surface area contributed by atoms with Crippen LogP contribution in [-0.4, -0.2) is 41.8 Å². The fourth-order valence-corrected chi connectivity index (χ4v) is 4.10. The van der Waals surface area contributed by atoms with E-state index >= 15 is 0 Å². The Morgan fingerprint density at radius 2 is 2.11 bits per heavy atom. The Morgan fingerprint density at radius 3 is 2.72 bits per heavy atom. The zero-order valence-corrected chi connectivity index (χ0v) is 12.1. The van der Waals surface area contributed by atoms with E-state index in [0.717, 1.165) is 44.9 Å². The molecule has 1 saturated heterocycles. The summed E-state index contributed by atoms with van der Waals surface area (Å²) in [5.41, 5.74) is 5.91. The van der Waals surface area contributed by atoms with E-state index in [2.05, 4.69) is 11.8 Å². The predicted octanol–water partition coefficient (Wildman–Crippen LogP) is 1.99. The van der Waals surface area contributed by atoms with E-state index in [1.54, 1.807) is 0 Å². The van der Waals surface area contributed by atoms with Crippen LogP contribution in [0.1, 0.15) is 52.4 Å². The molecule has 0 aromatic carbocycles. The van der Waals surface area contributed by atoms with Gasteiger partial charge in [-0.15, -0.1) is 0 Å². The molecule has 0 aromatic rings. The number of hydrogen-bond acceptors (Lipinski definition) is 3. The Morgan fingerprint density at radius 1 is 1.33 bits per heavy atom. The maximum Gasteiger partial charge on any atom is 0.0746 e. The van der Waals surface area contributed by atoms with Gasteiger partial charge in [0.05, 0.1) is 5.60 Å². The van der Waals surface area contributed by atoms with Gasteiger partial charge in [-0.2, -0.15) is 0 Å². The van der Waals surface area contributed by atoms with E-state index in [4.69, 9.17) is 5.73 Å². The first-order valence-corrected chi connectivity index (χ1v) is 7.60. The fraction of sp³-hybridized carbons (Fsp3) is 1.00. The van der Waals surface area contributed by atoms with E-state index < -0.39 is 5.60 Å². The zero-order chi connectivity index (χ0) is 13.2. The number of rotatable bonds is 3. The molecule has 3 atom stereocenters. The van der Waals surface area contributed by atoms with Crippen LogP contribution < -0.4 is 5.73 Å². The molecule has 0 aromatic heterocycles. The molecule has 2 fully saturated rings. The van der Waals surface area contributed by atoms with Crippen LogP contribution in [0.3, 0.4) is 0 Å². The quantitative estimate of drug-likeness (QED) is 0.810. The second kappa shape index (κ2) is 5.48. The SMILES string of the molecule is CC1CCCC(CN)(CN2CCCC(C)(O)C2)C1. The topological polar surface area (TPSA) is 49.5 Å².